The predicted octanol–water partition coefficient (Wildman–Crippen LogP) is 4.90. The van der Waals surface area contributed by atoms with Crippen molar-refractivity contribution >= 4 is 5.82 Å². The highest BCUT2D eigenvalue weighted by molar-refractivity contribution is 5.64. The van der Waals surface area contributed by atoms with Crippen LogP contribution in [-0.2, 0) is 11.3 Å². The number of alkyl halides is 3. The molecule has 3 aromatic rings. The third kappa shape index (κ3) is 4.99. The number of ether oxygens (including phenoxy) is 3. The number of hydrogen-bond acceptors (Lipinski definition) is 6. The highest BCUT2D eigenvalue weighted by Gasteiger charge is 2.31. The third-order valence-corrected chi connectivity index (χ3v) is 4.91. The summed E-state index contributed by atoms with van der Waals surface area (Å²) in [7, 11) is 0. The SMILES string of the molecule is CC(O[C@@H]1COc2nc([N+](=O)[O-])cn2C1)c1ccc(-c2ccc(OC(F)(F)F)cc2)cc1. The largest absolute Gasteiger partial charge is 0.573 e. The van der Waals surface area contributed by atoms with Gasteiger partial charge in [0.25, 0.3) is 0 Å². The fraction of sp³-hybridized carbons (Fsp3) is 0.286. The van der Waals surface area contributed by atoms with Crippen molar-refractivity contribution in [3.8, 4) is 22.9 Å². The molecule has 2 heterocycles. The molecule has 0 bridgehead atoms. The first-order valence-corrected chi connectivity index (χ1v) is 9.64. The molecule has 1 aromatic heterocycles. The van der Waals surface area contributed by atoms with Crippen molar-refractivity contribution in [1.82, 2.24) is 9.55 Å². The van der Waals surface area contributed by atoms with Crippen molar-refractivity contribution in [2.75, 3.05) is 6.61 Å². The number of rotatable bonds is 6. The summed E-state index contributed by atoms with van der Waals surface area (Å²) in [4.78, 5) is 14.1. The molecule has 0 spiro atoms. The zero-order valence-electron chi connectivity index (χ0n) is 16.8. The lowest BCUT2D eigenvalue weighted by molar-refractivity contribution is -0.389. The first-order valence-electron chi connectivity index (χ1n) is 9.64. The van der Waals surface area contributed by atoms with Gasteiger partial charge in [0, 0.05) is 4.98 Å². The van der Waals surface area contributed by atoms with E-state index in [9.17, 15) is 23.3 Å². The van der Waals surface area contributed by atoms with E-state index in [1.807, 2.05) is 31.2 Å². The zero-order valence-corrected chi connectivity index (χ0v) is 16.8. The van der Waals surface area contributed by atoms with Crippen molar-refractivity contribution in [3.05, 3.63) is 70.4 Å². The van der Waals surface area contributed by atoms with Gasteiger partial charge < -0.3 is 24.3 Å². The van der Waals surface area contributed by atoms with Crippen LogP contribution in [0, 0.1) is 10.1 Å². The van der Waals surface area contributed by atoms with Gasteiger partial charge in [0.15, 0.2) is 0 Å². The molecule has 2 atom stereocenters. The van der Waals surface area contributed by atoms with Gasteiger partial charge in [0.2, 0.25) is 0 Å². The minimum absolute atomic E-state index is 0.195. The van der Waals surface area contributed by atoms with E-state index >= 15 is 0 Å². The number of aromatic nitrogens is 2. The Morgan fingerprint density at radius 3 is 2.38 bits per heavy atom. The Hall–Kier alpha value is -3.60. The monoisotopic (exact) mass is 449 g/mol. The lowest BCUT2D eigenvalue weighted by Gasteiger charge is -2.26. The average Bonchev–Trinajstić information content (AvgIpc) is 3.17. The Morgan fingerprint density at radius 2 is 1.78 bits per heavy atom. The Labute approximate surface area is 180 Å². The van der Waals surface area contributed by atoms with Crippen LogP contribution >= 0.6 is 0 Å². The lowest BCUT2D eigenvalue weighted by Crippen LogP contribution is -2.32. The van der Waals surface area contributed by atoms with Gasteiger partial charge in [-0.1, -0.05) is 36.4 Å². The van der Waals surface area contributed by atoms with Crippen molar-refractivity contribution in [3.63, 3.8) is 0 Å². The van der Waals surface area contributed by atoms with Crippen LogP contribution in [-0.4, -0.2) is 33.5 Å². The molecule has 0 saturated carbocycles. The first kappa shape index (κ1) is 21.6. The van der Waals surface area contributed by atoms with Crippen molar-refractivity contribution in [1.29, 1.82) is 0 Å². The van der Waals surface area contributed by atoms with E-state index in [2.05, 4.69) is 9.72 Å². The summed E-state index contributed by atoms with van der Waals surface area (Å²) in [5.41, 5.74) is 2.47. The number of nitro groups is 1. The molecule has 1 aliphatic heterocycles. The quantitative estimate of drug-likeness (QED) is 0.393. The molecular weight excluding hydrogens is 431 g/mol. The van der Waals surface area contributed by atoms with Crippen LogP contribution in [0.15, 0.2) is 54.7 Å². The van der Waals surface area contributed by atoms with Gasteiger partial charge in [0.1, 0.15) is 24.7 Å². The van der Waals surface area contributed by atoms with Crippen LogP contribution in [0.5, 0.6) is 11.8 Å². The lowest BCUT2D eigenvalue weighted by atomic mass is 10.0. The summed E-state index contributed by atoms with van der Waals surface area (Å²) < 4.78 is 53.8. The predicted molar refractivity (Wildman–Crippen MR) is 106 cm³/mol. The molecule has 1 aliphatic rings. The van der Waals surface area contributed by atoms with Crippen LogP contribution in [0.3, 0.4) is 0 Å². The maximum atomic E-state index is 12.3. The Morgan fingerprint density at radius 1 is 1.16 bits per heavy atom. The first-order chi connectivity index (χ1) is 15.2. The number of hydrogen-bond donors (Lipinski definition) is 0. The van der Waals surface area contributed by atoms with E-state index in [-0.39, 0.29) is 36.4 Å². The minimum Gasteiger partial charge on any atom is -0.443 e. The van der Waals surface area contributed by atoms with Crippen LogP contribution in [0.1, 0.15) is 18.6 Å². The number of nitrogens with zero attached hydrogens (tertiary/aromatic N) is 3. The maximum Gasteiger partial charge on any atom is 0.573 e. The van der Waals surface area contributed by atoms with Crippen molar-refractivity contribution in [2.24, 2.45) is 0 Å². The van der Waals surface area contributed by atoms with E-state index < -0.39 is 11.3 Å². The molecule has 4 rings (SSSR count). The summed E-state index contributed by atoms with van der Waals surface area (Å²) in [6.07, 6.45) is -4.00. The highest BCUT2D eigenvalue weighted by atomic mass is 19.4. The van der Waals surface area contributed by atoms with Gasteiger partial charge in [-0.2, -0.15) is 0 Å². The second-order valence-corrected chi connectivity index (χ2v) is 7.20. The van der Waals surface area contributed by atoms with Gasteiger partial charge in [-0.25, -0.2) is 0 Å². The topological polar surface area (TPSA) is 88.6 Å². The fourth-order valence-corrected chi connectivity index (χ4v) is 3.40. The standard InChI is InChI=1S/C21H18F3N3O5/c1-13(31-18-10-26-11-19(27(28)29)25-20(26)30-12-18)14-2-4-15(5-3-14)16-6-8-17(9-7-16)32-21(22,23)24/h2-9,11,13,18H,10,12H2,1H3/t13?,18-/m0/s1. The molecule has 0 saturated heterocycles. The molecule has 8 nitrogen and oxygen atoms in total. The molecular formula is C21H18F3N3O5. The number of benzene rings is 2. The third-order valence-electron chi connectivity index (χ3n) is 4.91. The summed E-state index contributed by atoms with van der Waals surface area (Å²) in [6.45, 7) is 2.48. The second-order valence-electron chi connectivity index (χ2n) is 7.20. The minimum atomic E-state index is -4.73. The zero-order chi connectivity index (χ0) is 22.9. The van der Waals surface area contributed by atoms with E-state index in [1.54, 1.807) is 16.7 Å². The number of imidazole rings is 1. The van der Waals surface area contributed by atoms with Gasteiger partial charge in [-0.3, -0.25) is 4.57 Å². The van der Waals surface area contributed by atoms with Crippen LogP contribution in [0.4, 0.5) is 19.0 Å². The normalized spacial score (nSPS) is 16.7. The van der Waals surface area contributed by atoms with Crippen molar-refractivity contribution in [2.45, 2.75) is 32.0 Å². The molecule has 0 amide bonds. The molecule has 0 radical (unpaired) electrons. The van der Waals surface area contributed by atoms with Crippen LogP contribution in [0.2, 0.25) is 0 Å². The van der Waals surface area contributed by atoms with E-state index in [0.29, 0.717) is 6.54 Å². The molecule has 0 N–H and O–H groups in total. The Kier molecular flexibility index (Phi) is 5.74. The highest BCUT2D eigenvalue weighted by Crippen LogP contribution is 2.29. The smallest absolute Gasteiger partial charge is 0.443 e. The van der Waals surface area contributed by atoms with E-state index in [1.165, 1.54) is 18.3 Å². The maximum absolute atomic E-state index is 12.3. The molecule has 2 aromatic carbocycles. The molecule has 1 unspecified atom stereocenters. The van der Waals surface area contributed by atoms with Crippen molar-refractivity contribution < 1.29 is 32.3 Å². The fourth-order valence-electron chi connectivity index (χ4n) is 3.40. The molecule has 32 heavy (non-hydrogen) atoms. The summed E-state index contributed by atoms with van der Waals surface area (Å²) >= 11 is 0. The van der Waals surface area contributed by atoms with Gasteiger partial charge in [0.05, 0.1) is 12.6 Å². The van der Waals surface area contributed by atoms with Gasteiger partial charge >= 0.3 is 18.2 Å². The summed E-state index contributed by atoms with van der Waals surface area (Å²) in [5, 5.41) is 10.9. The molecule has 0 aliphatic carbocycles. The summed E-state index contributed by atoms with van der Waals surface area (Å²) in [5.74, 6) is -0.553. The number of halogens is 3. The van der Waals surface area contributed by atoms with E-state index in [0.717, 1.165) is 16.7 Å². The summed E-state index contributed by atoms with van der Waals surface area (Å²) in [6, 6.07) is 13.3. The van der Waals surface area contributed by atoms with Gasteiger partial charge in [-0.05, 0) is 40.7 Å². The number of fused-ring (bicyclic) bond motifs is 1. The molecule has 11 heteroatoms. The van der Waals surface area contributed by atoms with Crippen LogP contribution < -0.4 is 9.47 Å². The van der Waals surface area contributed by atoms with Gasteiger partial charge in [-0.15, -0.1) is 13.2 Å². The second kappa shape index (κ2) is 8.50. The Balaban J connectivity index is 1.38. The Bertz CT molecular complexity index is 1100. The molecule has 0 fully saturated rings. The average molecular weight is 449 g/mol. The van der Waals surface area contributed by atoms with Crippen LogP contribution in [0.25, 0.3) is 11.1 Å². The van der Waals surface area contributed by atoms with E-state index in [4.69, 9.17) is 9.47 Å². The molecule has 168 valence electrons.